The molecule has 0 radical (unpaired) electrons. The Labute approximate surface area is 183 Å². The number of benzene rings is 1. The van der Waals surface area contributed by atoms with Gasteiger partial charge in [0.25, 0.3) is 0 Å². The van der Waals surface area contributed by atoms with Gasteiger partial charge < -0.3 is 24.8 Å². The molecule has 0 saturated carbocycles. The first-order chi connectivity index (χ1) is 13.2. The standard InChI is InChI=1S/C20H28N4O3.HI/c1-5-21-20(23-14-15-9-8-12-22-19(15)27-7-3)24-16-10-11-17(26-6-2)18(13-16)25-4;/h8-13H,5-7,14H2,1-4H3,(H2,21,23,24);1H. The molecule has 0 bridgehead atoms. The van der Waals surface area contributed by atoms with Gasteiger partial charge in [0.15, 0.2) is 17.5 Å². The molecule has 2 rings (SSSR count). The van der Waals surface area contributed by atoms with Crippen LogP contribution in [0.25, 0.3) is 0 Å². The summed E-state index contributed by atoms with van der Waals surface area (Å²) in [7, 11) is 1.62. The summed E-state index contributed by atoms with van der Waals surface area (Å²) in [6, 6.07) is 9.53. The van der Waals surface area contributed by atoms with Crippen molar-refractivity contribution in [1.29, 1.82) is 0 Å². The summed E-state index contributed by atoms with van der Waals surface area (Å²) in [5.74, 6) is 2.66. The molecule has 0 aliphatic rings. The highest BCUT2D eigenvalue weighted by Crippen LogP contribution is 2.30. The van der Waals surface area contributed by atoms with Crippen LogP contribution in [0.5, 0.6) is 17.4 Å². The SMILES string of the molecule is CCNC(=NCc1cccnc1OCC)Nc1ccc(OCC)c(OC)c1.I. The first-order valence-electron chi connectivity index (χ1n) is 9.14. The van der Waals surface area contributed by atoms with Gasteiger partial charge in [-0.2, -0.15) is 0 Å². The first-order valence-corrected chi connectivity index (χ1v) is 9.14. The number of nitrogens with zero attached hydrogens (tertiary/aromatic N) is 2. The molecule has 1 aromatic carbocycles. The average molecular weight is 500 g/mol. The molecule has 28 heavy (non-hydrogen) atoms. The molecule has 1 aromatic heterocycles. The molecule has 0 saturated heterocycles. The van der Waals surface area contributed by atoms with Gasteiger partial charge in [-0.25, -0.2) is 9.98 Å². The minimum absolute atomic E-state index is 0. The Morgan fingerprint density at radius 2 is 1.86 bits per heavy atom. The molecular formula is C20H29IN4O3. The second kappa shape index (κ2) is 13.0. The van der Waals surface area contributed by atoms with Crippen LogP contribution in [-0.4, -0.2) is 37.8 Å². The highest BCUT2D eigenvalue weighted by molar-refractivity contribution is 14.0. The number of guanidine groups is 1. The summed E-state index contributed by atoms with van der Waals surface area (Å²) in [6.07, 6.45) is 1.72. The van der Waals surface area contributed by atoms with Crippen molar-refractivity contribution in [3.63, 3.8) is 0 Å². The number of nitrogens with one attached hydrogen (secondary N) is 2. The highest BCUT2D eigenvalue weighted by Gasteiger charge is 2.08. The number of anilines is 1. The minimum atomic E-state index is 0. The van der Waals surface area contributed by atoms with Gasteiger partial charge in [-0.15, -0.1) is 24.0 Å². The van der Waals surface area contributed by atoms with E-state index in [9.17, 15) is 0 Å². The van der Waals surface area contributed by atoms with Crippen molar-refractivity contribution in [2.75, 3.05) is 32.2 Å². The van der Waals surface area contributed by atoms with Crippen molar-refractivity contribution in [3.8, 4) is 17.4 Å². The number of hydrogen-bond donors (Lipinski definition) is 2. The minimum Gasteiger partial charge on any atom is -0.493 e. The fourth-order valence-electron chi connectivity index (χ4n) is 2.44. The smallest absolute Gasteiger partial charge is 0.218 e. The Balaban J connectivity index is 0.00000392. The monoisotopic (exact) mass is 500 g/mol. The molecule has 7 nitrogen and oxygen atoms in total. The maximum atomic E-state index is 5.56. The maximum absolute atomic E-state index is 5.56. The Morgan fingerprint density at radius 1 is 1.07 bits per heavy atom. The number of halogens is 1. The van der Waals surface area contributed by atoms with Gasteiger partial charge in [-0.3, -0.25) is 0 Å². The van der Waals surface area contributed by atoms with Crippen molar-refractivity contribution in [1.82, 2.24) is 10.3 Å². The van der Waals surface area contributed by atoms with E-state index in [2.05, 4.69) is 20.6 Å². The number of ether oxygens (including phenoxy) is 3. The zero-order valence-corrected chi connectivity index (χ0v) is 19.2. The predicted octanol–water partition coefficient (Wildman–Crippen LogP) is 4.08. The van der Waals surface area contributed by atoms with Crippen molar-refractivity contribution in [2.45, 2.75) is 27.3 Å². The molecule has 0 amide bonds. The van der Waals surface area contributed by atoms with E-state index in [4.69, 9.17) is 14.2 Å². The maximum Gasteiger partial charge on any atom is 0.218 e. The molecule has 0 unspecified atom stereocenters. The predicted molar refractivity (Wildman–Crippen MR) is 123 cm³/mol. The second-order valence-electron chi connectivity index (χ2n) is 5.52. The van der Waals surface area contributed by atoms with Crippen LogP contribution in [0.1, 0.15) is 26.3 Å². The molecule has 1 heterocycles. The van der Waals surface area contributed by atoms with E-state index < -0.39 is 0 Å². The lowest BCUT2D eigenvalue weighted by Crippen LogP contribution is -2.30. The second-order valence-corrected chi connectivity index (χ2v) is 5.52. The van der Waals surface area contributed by atoms with Crippen molar-refractivity contribution in [3.05, 3.63) is 42.1 Å². The molecule has 0 spiro atoms. The van der Waals surface area contributed by atoms with E-state index in [1.54, 1.807) is 13.3 Å². The molecule has 0 fully saturated rings. The van der Waals surface area contributed by atoms with Crippen LogP contribution in [0.3, 0.4) is 0 Å². The summed E-state index contributed by atoms with van der Waals surface area (Å²) in [5, 5.41) is 6.52. The van der Waals surface area contributed by atoms with Gasteiger partial charge in [-0.1, -0.05) is 6.07 Å². The summed E-state index contributed by atoms with van der Waals surface area (Å²) < 4.78 is 16.5. The quantitative estimate of drug-likeness (QED) is 0.307. The van der Waals surface area contributed by atoms with Crippen molar-refractivity contribution < 1.29 is 14.2 Å². The zero-order valence-electron chi connectivity index (χ0n) is 16.8. The Kier molecular flexibility index (Phi) is 11.1. The number of aliphatic imine (C=N–C) groups is 1. The van der Waals surface area contributed by atoms with Crippen molar-refractivity contribution >= 4 is 35.6 Å². The van der Waals surface area contributed by atoms with Crippen LogP contribution >= 0.6 is 24.0 Å². The number of aromatic nitrogens is 1. The molecule has 0 aliphatic heterocycles. The zero-order chi connectivity index (χ0) is 19.5. The lowest BCUT2D eigenvalue weighted by molar-refractivity contribution is 0.311. The highest BCUT2D eigenvalue weighted by atomic mass is 127. The number of hydrogen-bond acceptors (Lipinski definition) is 5. The van der Waals surface area contributed by atoms with Gasteiger partial charge in [0.05, 0.1) is 26.9 Å². The molecule has 0 atom stereocenters. The molecule has 154 valence electrons. The van der Waals surface area contributed by atoms with Gasteiger partial charge in [0.2, 0.25) is 5.88 Å². The number of methoxy groups -OCH3 is 1. The molecule has 2 N–H and O–H groups in total. The number of pyridine rings is 1. The third-order valence-electron chi connectivity index (χ3n) is 3.61. The third-order valence-corrected chi connectivity index (χ3v) is 3.61. The van der Waals surface area contributed by atoms with Gasteiger partial charge in [-0.05, 0) is 39.0 Å². The molecular weight excluding hydrogens is 471 g/mol. The van der Waals surface area contributed by atoms with Gasteiger partial charge in [0.1, 0.15) is 0 Å². The van der Waals surface area contributed by atoms with E-state index >= 15 is 0 Å². The molecule has 8 heteroatoms. The fourth-order valence-corrected chi connectivity index (χ4v) is 2.44. The summed E-state index contributed by atoms with van der Waals surface area (Å²) in [5.41, 5.74) is 1.78. The van der Waals surface area contributed by atoms with Crippen LogP contribution in [0.4, 0.5) is 5.69 Å². The van der Waals surface area contributed by atoms with Gasteiger partial charge >= 0.3 is 0 Å². The Bertz CT molecular complexity index is 756. The largest absolute Gasteiger partial charge is 0.493 e. The van der Waals surface area contributed by atoms with Crippen molar-refractivity contribution in [2.24, 2.45) is 4.99 Å². The average Bonchev–Trinajstić information content (AvgIpc) is 2.69. The Hall–Kier alpha value is -2.23. The molecule has 0 aliphatic carbocycles. The van der Waals surface area contributed by atoms with E-state index in [0.717, 1.165) is 17.8 Å². The van der Waals surface area contributed by atoms with Crippen LogP contribution in [0.2, 0.25) is 0 Å². The van der Waals surface area contributed by atoms with Gasteiger partial charge in [0, 0.05) is 30.1 Å². The normalized spacial score (nSPS) is 10.6. The topological polar surface area (TPSA) is 77.0 Å². The van der Waals surface area contributed by atoms with E-state index in [1.807, 2.05) is 51.1 Å². The Morgan fingerprint density at radius 3 is 2.54 bits per heavy atom. The van der Waals surface area contributed by atoms with Crippen LogP contribution in [0, 0.1) is 0 Å². The van der Waals surface area contributed by atoms with Crippen LogP contribution < -0.4 is 24.8 Å². The lowest BCUT2D eigenvalue weighted by Gasteiger charge is -2.14. The fraction of sp³-hybridized carbons (Fsp3) is 0.400. The van der Waals surface area contributed by atoms with Crippen LogP contribution in [0.15, 0.2) is 41.5 Å². The third kappa shape index (κ3) is 7.06. The van der Waals surface area contributed by atoms with E-state index in [-0.39, 0.29) is 24.0 Å². The van der Waals surface area contributed by atoms with E-state index in [1.165, 1.54) is 0 Å². The number of rotatable bonds is 9. The lowest BCUT2D eigenvalue weighted by atomic mass is 10.2. The van der Waals surface area contributed by atoms with E-state index in [0.29, 0.717) is 43.1 Å². The summed E-state index contributed by atoms with van der Waals surface area (Å²) in [6.45, 7) is 8.24. The van der Waals surface area contributed by atoms with Crippen LogP contribution in [-0.2, 0) is 6.54 Å². The molecule has 2 aromatic rings. The summed E-state index contributed by atoms with van der Waals surface area (Å²) >= 11 is 0. The summed E-state index contributed by atoms with van der Waals surface area (Å²) in [4.78, 5) is 8.90. The first kappa shape index (κ1) is 23.8.